The number of nitrogens with two attached hydrogens (primary N) is 1. The van der Waals surface area contributed by atoms with Crippen LogP contribution in [0.15, 0.2) is 20.4 Å². The molecule has 2 aromatic rings. The normalized spacial score (nSPS) is 15.0. The zero-order valence-electron chi connectivity index (χ0n) is 9.03. The van der Waals surface area contributed by atoms with Crippen molar-refractivity contribution in [2.24, 2.45) is 5.73 Å². The molecule has 0 radical (unpaired) electrons. The lowest BCUT2D eigenvalue weighted by molar-refractivity contribution is 0.379. The first-order valence-corrected chi connectivity index (χ1v) is 6.58. The molecule has 0 aliphatic heterocycles. The highest BCUT2D eigenvalue weighted by Crippen LogP contribution is 2.33. The molecule has 86 valence electrons. The fourth-order valence-electron chi connectivity index (χ4n) is 1.15. The molecule has 0 saturated heterocycles. The molecule has 0 bridgehead atoms. The van der Waals surface area contributed by atoms with Crippen LogP contribution in [0.4, 0.5) is 0 Å². The highest BCUT2D eigenvalue weighted by molar-refractivity contribution is 9.10. The van der Waals surface area contributed by atoms with E-state index in [0.717, 1.165) is 15.8 Å². The molecule has 2 rings (SSSR count). The van der Waals surface area contributed by atoms with E-state index in [1.807, 2.05) is 25.3 Å². The van der Waals surface area contributed by atoms with E-state index >= 15 is 0 Å². The van der Waals surface area contributed by atoms with Gasteiger partial charge in [0.05, 0.1) is 5.54 Å². The average molecular weight is 302 g/mol. The van der Waals surface area contributed by atoms with E-state index in [1.54, 1.807) is 11.3 Å². The summed E-state index contributed by atoms with van der Waals surface area (Å²) in [5.74, 6) is 1.06. The van der Waals surface area contributed by atoms with Crippen molar-refractivity contribution in [1.82, 2.24) is 10.1 Å². The number of aromatic nitrogens is 2. The molecule has 0 amide bonds. The maximum Gasteiger partial charge on any atom is 0.269 e. The minimum Gasteiger partial charge on any atom is -0.333 e. The van der Waals surface area contributed by atoms with Gasteiger partial charge in [0.1, 0.15) is 4.88 Å². The van der Waals surface area contributed by atoms with Crippen molar-refractivity contribution in [1.29, 1.82) is 0 Å². The summed E-state index contributed by atoms with van der Waals surface area (Å²) in [6.07, 6.45) is 0.761. The summed E-state index contributed by atoms with van der Waals surface area (Å²) in [5.41, 5.74) is 5.51. The van der Waals surface area contributed by atoms with Crippen molar-refractivity contribution in [3.05, 3.63) is 21.7 Å². The lowest BCUT2D eigenvalue weighted by Gasteiger charge is -2.16. The Balaban J connectivity index is 2.37. The smallest absolute Gasteiger partial charge is 0.269 e. The first-order chi connectivity index (χ1) is 7.54. The van der Waals surface area contributed by atoms with Gasteiger partial charge in [-0.3, -0.25) is 0 Å². The molecule has 1 unspecified atom stereocenters. The predicted molar refractivity (Wildman–Crippen MR) is 67.1 cm³/mol. The largest absolute Gasteiger partial charge is 0.333 e. The molecule has 6 heteroatoms. The Morgan fingerprint density at radius 3 is 2.94 bits per heavy atom. The van der Waals surface area contributed by atoms with E-state index in [4.69, 9.17) is 10.3 Å². The zero-order chi connectivity index (χ0) is 11.8. The number of thiophene rings is 1. The summed E-state index contributed by atoms with van der Waals surface area (Å²) in [4.78, 5) is 5.27. The third-order valence-electron chi connectivity index (χ3n) is 2.48. The van der Waals surface area contributed by atoms with Crippen LogP contribution < -0.4 is 5.73 Å². The van der Waals surface area contributed by atoms with Gasteiger partial charge in [0.25, 0.3) is 5.89 Å². The Kier molecular flexibility index (Phi) is 3.14. The van der Waals surface area contributed by atoms with Gasteiger partial charge in [-0.05, 0) is 40.7 Å². The zero-order valence-corrected chi connectivity index (χ0v) is 11.4. The summed E-state index contributed by atoms with van der Waals surface area (Å²) in [6, 6.07) is 1.95. The maximum absolute atomic E-state index is 6.05. The van der Waals surface area contributed by atoms with Crippen LogP contribution in [-0.2, 0) is 5.54 Å². The number of halogens is 1. The van der Waals surface area contributed by atoms with Gasteiger partial charge in [-0.25, -0.2) is 0 Å². The lowest BCUT2D eigenvalue weighted by Crippen LogP contribution is -2.33. The highest BCUT2D eigenvalue weighted by atomic mass is 79.9. The molecule has 0 spiro atoms. The van der Waals surface area contributed by atoms with E-state index in [1.165, 1.54) is 0 Å². The molecular weight excluding hydrogens is 290 g/mol. The summed E-state index contributed by atoms with van der Waals surface area (Å²) in [5, 5.41) is 5.89. The second kappa shape index (κ2) is 4.27. The van der Waals surface area contributed by atoms with Gasteiger partial charge in [0.2, 0.25) is 0 Å². The number of hydrogen-bond acceptors (Lipinski definition) is 5. The van der Waals surface area contributed by atoms with Crippen LogP contribution >= 0.6 is 27.3 Å². The number of hydrogen-bond donors (Lipinski definition) is 1. The van der Waals surface area contributed by atoms with Gasteiger partial charge >= 0.3 is 0 Å². The maximum atomic E-state index is 6.05. The van der Waals surface area contributed by atoms with Crippen molar-refractivity contribution in [3.8, 4) is 10.8 Å². The topological polar surface area (TPSA) is 64.9 Å². The van der Waals surface area contributed by atoms with Crippen molar-refractivity contribution in [3.63, 3.8) is 0 Å². The van der Waals surface area contributed by atoms with Crippen molar-refractivity contribution < 1.29 is 4.52 Å². The van der Waals surface area contributed by atoms with Crippen LogP contribution in [0.5, 0.6) is 0 Å². The monoisotopic (exact) mass is 301 g/mol. The molecule has 4 nitrogen and oxygen atoms in total. The fraction of sp³-hybridized carbons (Fsp3) is 0.400. The van der Waals surface area contributed by atoms with E-state index in [0.29, 0.717) is 11.7 Å². The Bertz CT molecular complexity index is 492. The van der Waals surface area contributed by atoms with Crippen LogP contribution in [-0.4, -0.2) is 10.1 Å². The third-order valence-corrected chi connectivity index (χ3v) is 4.31. The Hall–Kier alpha value is -0.720. The quantitative estimate of drug-likeness (QED) is 0.946. The van der Waals surface area contributed by atoms with E-state index in [2.05, 4.69) is 26.1 Å². The molecular formula is C10H12BrN3OS. The fourth-order valence-corrected chi connectivity index (χ4v) is 2.61. The standard InChI is InChI=1S/C10H12BrN3OS/c1-3-10(2,12)9-13-8(15-14-9)7-6(11)4-5-16-7/h4-5H,3,12H2,1-2H3. The summed E-state index contributed by atoms with van der Waals surface area (Å²) >= 11 is 4.98. The molecule has 2 N–H and O–H groups in total. The van der Waals surface area contributed by atoms with Crippen molar-refractivity contribution >= 4 is 27.3 Å². The minimum atomic E-state index is -0.536. The lowest BCUT2D eigenvalue weighted by atomic mass is 10.0. The van der Waals surface area contributed by atoms with E-state index in [-0.39, 0.29) is 0 Å². The molecule has 16 heavy (non-hydrogen) atoms. The Morgan fingerprint density at radius 2 is 2.38 bits per heavy atom. The molecule has 2 aromatic heterocycles. The van der Waals surface area contributed by atoms with E-state index < -0.39 is 5.54 Å². The van der Waals surface area contributed by atoms with E-state index in [9.17, 15) is 0 Å². The SMILES string of the molecule is CCC(C)(N)c1noc(-c2sccc2Br)n1. The van der Waals surface area contributed by atoms with Crippen LogP contribution in [0.2, 0.25) is 0 Å². The predicted octanol–water partition coefficient (Wildman–Crippen LogP) is 3.14. The van der Waals surface area contributed by atoms with Gasteiger partial charge < -0.3 is 10.3 Å². The molecule has 0 aromatic carbocycles. The van der Waals surface area contributed by atoms with Gasteiger partial charge in [-0.1, -0.05) is 12.1 Å². The number of rotatable bonds is 3. The molecule has 0 aliphatic rings. The summed E-state index contributed by atoms with van der Waals surface area (Å²) < 4.78 is 6.18. The molecule has 2 heterocycles. The van der Waals surface area contributed by atoms with Crippen LogP contribution in [0, 0.1) is 0 Å². The van der Waals surface area contributed by atoms with Gasteiger partial charge in [0.15, 0.2) is 5.82 Å². The molecule has 0 aliphatic carbocycles. The second-order valence-electron chi connectivity index (χ2n) is 3.79. The molecule has 1 atom stereocenters. The third kappa shape index (κ3) is 2.05. The van der Waals surface area contributed by atoms with Crippen molar-refractivity contribution in [2.45, 2.75) is 25.8 Å². The van der Waals surface area contributed by atoms with Gasteiger partial charge in [-0.15, -0.1) is 11.3 Å². The number of nitrogens with zero attached hydrogens (tertiary/aromatic N) is 2. The Morgan fingerprint density at radius 1 is 1.62 bits per heavy atom. The van der Waals surface area contributed by atoms with Crippen LogP contribution in [0.25, 0.3) is 10.8 Å². The van der Waals surface area contributed by atoms with Gasteiger partial charge in [0, 0.05) is 4.47 Å². The molecule has 0 fully saturated rings. The Labute approximate surface area is 106 Å². The first-order valence-electron chi connectivity index (χ1n) is 4.91. The average Bonchev–Trinajstić information content (AvgIpc) is 2.85. The van der Waals surface area contributed by atoms with Crippen molar-refractivity contribution in [2.75, 3.05) is 0 Å². The van der Waals surface area contributed by atoms with Gasteiger partial charge in [-0.2, -0.15) is 4.98 Å². The summed E-state index contributed by atoms with van der Waals surface area (Å²) in [6.45, 7) is 3.89. The summed E-state index contributed by atoms with van der Waals surface area (Å²) in [7, 11) is 0. The second-order valence-corrected chi connectivity index (χ2v) is 5.56. The highest BCUT2D eigenvalue weighted by Gasteiger charge is 2.26. The van der Waals surface area contributed by atoms with Crippen LogP contribution in [0.3, 0.4) is 0 Å². The minimum absolute atomic E-state index is 0.516. The van der Waals surface area contributed by atoms with Crippen LogP contribution in [0.1, 0.15) is 26.1 Å². The first kappa shape index (κ1) is 11.8. The molecule has 0 saturated carbocycles.